The fourth-order valence-corrected chi connectivity index (χ4v) is 1.05. The van der Waals surface area contributed by atoms with E-state index in [9.17, 15) is 9.18 Å². The third-order valence-electron chi connectivity index (χ3n) is 1.39. The van der Waals surface area contributed by atoms with Crippen LogP contribution < -0.4 is 4.90 Å². The van der Waals surface area contributed by atoms with E-state index < -0.39 is 11.9 Å². The highest BCUT2D eigenvalue weighted by molar-refractivity contribution is 9.10. The van der Waals surface area contributed by atoms with E-state index in [4.69, 9.17) is 5.11 Å². The van der Waals surface area contributed by atoms with Crippen molar-refractivity contribution in [2.75, 3.05) is 11.9 Å². The van der Waals surface area contributed by atoms with Crippen LogP contribution >= 0.6 is 15.9 Å². The molecule has 1 aromatic rings. The standard InChI is InChI=1S/C7H6BrFN2O2/c1-11(7(12)13)6-5(9)2-4(8)3-10-6/h2-3H,1H3,(H,12,13). The predicted octanol–water partition coefficient (Wildman–Crippen LogP) is 2.10. The molecule has 0 fully saturated rings. The van der Waals surface area contributed by atoms with Gasteiger partial charge in [-0.3, -0.25) is 4.90 Å². The summed E-state index contributed by atoms with van der Waals surface area (Å²) >= 11 is 3.01. The Labute approximate surface area is 82.1 Å². The molecule has 0 radical (unpaired) electrons. The topological polar surface area (TPSA) is 53.4 Å². The van der Waals surface area contributed by atoms with Crippen LogP contribution in [0, 0.1) is 5.82 Å². The molecule has 1 amide bonds. The summed E-state index contributed by atoms with van der Waals surface area (Å²) in [4.78, 5) is 14.8. The molecule has 6 heteroatoms. The fraction of sp³-hybridized carbons (Fsp3) is 0.143. The molecule has 0 atom stereocenters. The number of hydrogen-bond donors (Lipinski definition) is 1. The van der Waals surface area contributed by atoms with E-state index in [1.165, 1.54) is 13.2 Å². The van der Waals surface area contributed by atoms with Crippen molar-refractivity contribution in [3.8, 4) is 0 Å². The lowest BCUT2D eigenvalue weighted by atomic mass is 10.4. The van der Waals surface area contributed by atoms with E-state index in [-0.39, 0.29) is 5.82 Å². The highest BCUT2D eigenvalue weighted by Crippen LogP contribution is 2.18. The van der Waals surface area contributed by atoms with Crippen LogP contribution in [-0.4, -0.2) is 23.2 Å². The number of carboxylic acid groups (broad SMARTS) is 1. The summed E-state index contributed by atoms with van der Waals surface area (Å²) in [5.41, 5.74) is 0. The number of nitrogens with zero attached hydrogens (tertiary/aromatic N) is 2. The second-order valence-electron chi connectivity index (χ2n) is 2.30. The van der Waals surface area contributed by atoms with Crippen LogP contribution in [-0.2, 0) is 0 Å². The maximum absolute atomic E-state index is 13.1. The molecule has 13 heavy (non-hydrogen) atoms. The molecule has 0 spiro atoms. The summed E-state index contributed by atoms with van der Waals surface area (Å²) in [6.07, 6.45) is 0.0754. The summed E-state index contributed by atoms with van der Waals surface area (Å²) in [5, 5.41) is 8.54. The van der Waals surface area contributed by atoms with Crippen LogP contribution in [0.1, 0.15) is 0 Å². The second-order valence-corrected chi connectivity index (χ2v) is 3.22. The third-order valence-corrected chi connectivity index (χ3v) is 1.83. The Bertz CT molecular complexity index is 345. The van der Waals surface area contributed by atoms with Crippen molar-refractivity contribution < 1.29 is 14.3 Å². The van der Waals surface area contributed by atoms with E-state index in [2.05, 4.69) is 20.9 Å². The molecule has 0 saturated carbocycles. The molecule has 1 N–H and O–H groups in total. The van der Waals surface area contributed by atoms with Gasteiger partial charge in [0, 0.05) is 17.7 Å². The van der Waals surface area contributed by atoms with Crippen LogP contribution in [0.5, 0.6) is 0 Å². The maximum Gasteiger partial charge on any atom is 0.412 e. The Morgan fingerprint density at radius 1 is 1.77 bits per heavy atom. The average molecular weight is 249 g/mol. The Morgan fingerprint density at radius 3 is 2.85 bits per heavy atom. The monoisotopic (exact) mass is 248 g/mol. The largest absolute Gasteiger partial charge is 0.465 e. The molecule has 1 aromatic heterocycles. The zero-order valence-corrected chi connectivity index (χ0v) is 8.25. The summed E-state index contributed by atoms with van der Waals surface area (Å²) in [7, 11) is 1.22. The van der Waals surface area contributed by atoms with Crippen molar-refractivity contribution in [3.05, 3.63) is 22.6 Å². The van der Waals surface area contributed by atoms with Crippen LogP contribution in [0.3, 0.4) is 0 Å². The van der Waals surface area contributed by atoms with Gasteiger partial charge in [-0.2, -0.15) is 0 Å². The molecule has 0 bridgehead atoms. The minimum Gasteiger partial charge on any atom is -0.465 e. The molecule has 0 aliphatic heterocycles. The van der Waals surface area contributed by atoms with Crippen molar-refractivity contribution in [2.24, 2.45) is 0 Å². The van der Waals surface area contributed by atoms with Crippen molar-refractivity contribution in [3.63, 3.8) is 0 Å². The van der Waals surface area contributed by atoms with Crippen molar-refractivity contribution >= 4 is 27.8 Å². The van der Waals surface area contributed by atoms with Crippen molar-refractivity contribution in [2.45, 2.75) is 0 Å². The number of aromatic nitrogens is 1. The predicted molar refractivity (Wildman–Crippen MR) is 48.3 cm³/mol. The molecule has 1 rings (SSSR count). The van der Waals surface area contributed by atoms with E-state index in [0.717, 1.165) is 6.07 Å². The maximum atomic E-state index is 13.1. The third kappa shape index (κ3) is 2.15. The minimum atomic E-state index is -1.26. The molecular formula is C7H6BrFN2O2. The summed E-state index contributed by atoms with van der Waals surface area (Å²) < 4.78 is 13.5. The van der Waals surface area contributed by atoms with Gasteiger partial charge < -0.3 is 5.11 Å². The Balaban J connectivity index is 3.08. The number of hydrogen-bond acceptors (Lipinski definition) is 2. The number of amides is 1. The Morgan fingerprint density at radius 2 is 2.38 bits per heavy atom. The normalized spacial score (nSPS) is 9.77. The van der Waals surface area contributed by atoms with E-state index in [1.807, 2.05) is 0 Å². The molecule has 0 aromatic carbocycles. The zero-order chi connectivity index (χ0) is 10.0. The molecule has 0 unspecified atom stereocenters. The molecular weight excluding hydrogens is 243 g/mol. The lowest BCUT2D eigenvalue weighted by molar-refractivity contribution is 0.203. The van der Waals surface area contributed by atoms with Crippen LogP contribution in [0.2, 0.25) is 0 Å². The highest BCUT2D eigenvalue weighted by atomic mass is 79.9. The molecule has 0 saturated heterocycles. The van der Waals surface area contributed by atoms with Crippen molar-refractivity contribution in [1.82, 2.24) is 4.98 Å². The number of halogens is 2. The van der Waals surface area contributed by atoms with Gasteiger partial charge in [-0.1, -0.05) is 0 Å². The lowest BCUT2D eigenvalue weighted by Gasteiger charge is -2.11. The smallest absolute Gasteiger partial charge is 0.412 e. The van der Waals surface area contributed by atoms with Gasteiger partial charge in [-0.15, -0.1) is 0 Å². The van der Waals surface area contributed by atoms with Gasteiger partial charge in [0.2, 0.25) is 0 Å². The first-order chi connectivity index (χ1) is 6.02. The van der Waals surface area contributed by atoms with Gasteiger partial charge in [-0.25, -0.2) is 14.2 Å². The van der Waals surface area contributed by atoms with Crippen molar-refractivity contribution in [1.29, 1.82) is 0 Å². The van der Waals surface area contributed by atoms with Crippen LogP contribution in [0.4, 0.5) is 15.0 Å². The lowest BCUT2D eigenvalue weighted by Crippen LogP contribution is -2.25. The minimum absolute atomic E-state index is 0.212. The van der Waals surface area contributed by atoms with Gasteiger partial charge in [0.05, 0.1) is 0 Å². The molecule has 1 heterocycles. The van der Waals surface area contributed by atoms with Gasteiger partial charge in [-0.05, 0) is 22.0 Å². The first-order valence-corrected chi connectivity index (χ1v) is 4.09. The number of rotatable bonds is 1. The first-order valence-electron chi connectivity index (χ1n) is 3.30. The number of carbonyl (C=O) groups is 1. The SMILES string of the molecule is CN(C(=O)O)c1ncc(Br)cc1F. The Hall–Kier alpha value is -1.17. The van der Waals surface area contributed by atoms with E-state index in [0.29, 0.717) is 9.37 Å². The van der Waals surface area contributed by atoms with Gasteiger partial charge in [0.15, 0.2) is 11.6 Å². The second kappa shape index (κ2) is 3.69. The quantitative estimate of drug-likeness (QED) is 0.829. The highest BCUT2D eigenvalue weighted by Gasteiger charge is 2.14. The van der Waals surface area contributed by atoms with Gasteiger partial charge in [0.25, 0.3) is 0 Å². The molecule has 4 nitrogen and oxygen atoms in total. The zero-order valence-electron chi connectivity index (χ0n) is 6.66. The number of anilines is 1. The van der Waals surface area contributed by atoms with E-state index >= 15 is 0 Å². The summed E-state index contributed by atoms with van der Waals surface area (Å²) in [5.74, 6) is -0.894. The fourth-order valence-electron chi connectivity index (χ4n) is 0.745. The Kier molecular flexibility index (Phi) is 2.82. The van der Waals surface area contributed by atoms with Gasteiger partial charge in [0.1, 0.15) is 0 Å². The number of pyridine rings is 1. The molecule has 0 aliphatic carbocycles. The van der Waals surface area contributed by atoms with Crippen LogP contribution in [0.25, 0.3) is 0 Å². The molecule has 0 aliphatic rings. The van der Waals surface area contributed by atoms with E-state index in [1.54, 1.807) is 0 Å². The molecule has 70 valence electrons. The summed E-state index contributed by atoms with van der Waals surface area (Å²) in [6, 6.07) is 1.15. The summed E-state index contributed by atoms with van der Waals surface area (Å²) in [6.45, 7) is 0. The van der Waals surface area contributed by atoms with Gasteiger partial charge >= 0.3 is 6.09 Å². The van der Waals surface area contributed by atoms with Crippen LogP contribution in [0.15, 0.2) is 16.7 Å². The average Bonchev–Trinajstić information content (AvgIpc) is 2.03. The first kappa shape index (κ1) is 9.91.